The second-order valence-electron chi connectivity index (χ2n) is 6.83. The zero-order valence-corrected chi connectivity index (χ0v) is 15.7. The van der Waals surface area contributed by atoms with Crippen LogP contribution in [0.1, 0.15) is 16.8 Å². The monoisotopic (exact) mass is 371 g/mol. The standard InChI is InChI=1S/C21H26FN3O2/c1-24-12-14-25(15-13-24)11-2-16-27-20-9-3-17(4-10-20)21(26)23-19-7-5-18(22)6-8-19/h3-10H,2,11-16H2,1H3,(H,23,26). The third-order valence-corrected chi connectivity index (χ3v) is 4.70. The van der Waals surface area contributed by atoms with E-state index in [0.717, 1.165) is 44.9 Å². The first-order valence-corrected chi connectivity index (χ1v) is 9.31. The smallest absolute Gasteiger partial charge is 0.255 e. The quantitative estimate of drug-likeness (QED) is 0.760. The molecule has 0 atom stereocenters. The fourth-order valence-corrected chi connectivity index (χ4v) is 2.99. The minimum absolute atomic E-state index is 0.233. The number of anilines is 1. The average molecular weight is 371 g/mol. The van der Waals surface area contributed by atoms with E-state index in [4.69, 9.17) is 4.74 Å². The largest absolute Gasteiger partial charge is 0.494 e. The lowest BCUT2D eigenvalue weighted by Gasteiger charge is -2.32. The van der Waals surface area contributed by atoms with Gasteiger partial charge in [0.1, 0.15) is 11.6 Å². The van der Waals surface area contributed by atoms with E-state index in [1.165, 1.54) is 24.3 Å². The lowest BCUT2D eigenvalue weighted by atomic mass is 10.2. The van der Waals surface area contributed by atoms with Crippen LogP contribution in [0.3, 0.4) is 0 Å². The van der Waals surface area contributed by atoms with Gasteiger partial charge in [0.15, 0.2) is 0 Å². The molecule has 0 spiro atoms. The molecule has 144 valence electrons. The Morgan fingerprint density at radius 3 is 2.37 bits per heavy atom. The number of carbonyl (C=O) groups is 1. The van der Waals surface area contributed by atoms with Gasteiger partial charge in [-0.2, -0.15) is 0 Å². The van der Waals surface area contributed by atoms with Crippen molar-refractivity contribution >= 4 is 11.6 Å². The van der Waals surface area contributed by atoms with Gasteiger partial charge in [-0.1, -0.05) is 0 Å². The summed E-state index contributed by atoms with van der Waals surface area (Å²) in [6.07, 6.45) is 0.983. The van der Waals surface area contributed by atoms with Crippen molar-refractivity contribution in [3.05, 3.63) is 59.9 Å². The van der Waals surface area contributed by atoms with E-state index in [1.54, 1.807) is 24.3 Å². The molecule has 1 aliphatic heterocycles. The molecule has 0 radical (unpaired) electrons. The van der Waals surface area contributed by atoms with Crippen molar-refractivity contribution in [2.24, 2.45) is 0 Å². The van der Waals surface area contributed by atoms with Crippen molar-refractivity contribution in [2.45, 2.75) is 6.42 Å². The molecule has 2 aromatic carbocycles. The van der Waals surface area contributed by atoms with Gasteiger partial charge in [-0.25, -0.2) is 4.39 Å². The molecule has 0 bridgehead atoms. The highest BCUT2D eigenvalue weighted by molar-refractivity contribution is 6.04. The van der Waals surface area contributed by atoms with Gasteiger partial charge >= 0.3 is 0 Å². The molecule has 1 saturated heterocycles. The number of ether oxygens (including phenoxy) is 1. The number of amides is 1. The Labute approximate surface area is 159 Å². The van der Waals surface area contributed by atoms with Gasteiger partial charge < -0.3 is 19.9 Å². The molecule has 3 rings (SSSR count). The maximum absolute atomic E-state index is 12.9. The molecule has 1 fully saturated rings. The van der Waals surface area contributed by atoms with Gasteiger partial charge in [-0.05, 0) is 62.0 Å². The van der Waals surface area contributed by atoms with Crippen molar-refractivity contribution in [2.75, 3.05) is 51.7 Å². The number of halogens is 1. The molecule has 0 saturated carbocycles. The zero-order valence-electron chi connectivity index (χ0n) is 15.7. The SMILES string of the molecule is CN1CCN(CCCOc2ccc(C(=O)Nc3ccc(F)cc3)cc2)CC1. The number of nitrogens with one attached hydrogen (secondary N) is 1. The van der Waals surface area contributed by atoms with Gasteiger partial charge in [0.05, 0.1) is 6.61 Å². The molecule has 0 aromatic heterocycles. The summed E-state index contributed by atoms with van der Waals surface area (Å²) >= 11 is 0. The van der Waals surface area contributed by atoms with E-state index < -0.39 is 0 Å². The number of rotatable bonds is 7. The van der Waals surface area contributed by atoms with E-state index in [1.807, 2.05) is 0 Å². The number of hydrogen-bond donors (Lipinski definition) is 1. The number of carbonyl (C=O) groups excluding carboxylic acids is 1. The summed E-state index contributed by atoms with van der Waals surface area (Å²) in [6, 6.07) is 12.8. The minimum Gasteiger partial charge on any atom is -0.494 e. The molecular weight excluding hydrogens is 345 g/mol. The van der Waals surface area contributed by atoms with Crippen LogP contribution in [-0.4, -0.2) is 62.1 Å². The number of benzene rings is 2. The van der Waals surface area contributed by atoms with Crippen LogP contribution < -0.4 is 10.1 Å². The van der Waals surface area contributed by atoms with Gasteiger partial charge in [0.25, 0.3) is 5.91 Å². The van der Waals surface area contributed by atoms with Crippen LogP contribution >= 0.6 is 0 Å². The predicted molar refractivity (Wildman–Crippen MR) is 105 cm³/mol. The highest BCUT2D eigenvalue weighted by Gasteiger charge is 2.13. The summed E-state index contributed by atoms with van der Waals surface area (Å²) in [6.45, 7) is 6.20. The summed E-state index contributed by atoms with van der Waals surface area (Å²) < 4.78 is 18.7. The Balaban J connectivity index is 1.40. The van der Waals surface area contributed by atoms with E-state index in [0.29, 0.717) is 17.9 Å². The maximum atomic E-state index is 12.9. The number of hydrogen-bond acceptors (Lipinski definition) is 4. The highest BCUT2D eigenvalue weighted by atomic mass is 19.1. The summed E-state index contributed by atoms with van der Waals surface area (Å²) in [7, 11) is 2.16. The number of likely N-dealkylation sites (N-methyl/N-ethyl adjacent to an activating group) is 1. The lowest BCUT2D eigenvalue weighted by Crippen LogP contribution is -2.44. The van der Waals surface area contributed by atoms with Crippen molar-refractivity contribution in [3.8, 4) is 5.75 Å². The molecule has 1 aliphatic rings. The van der Waals surface area contributed by atoms with Crippen LogP contribution in [0.25, 0.3) is 0 Å². The fourth-order valence-electron chi connectivity index (χ4n) is 2.99. The van der Waals surface area contributed by atoms with Gasteiger partial charge in [0, 0.05) is 44.0 Å². The molecule has 6 heteroatoms. The van der Waals surface area contributed by atoms with Gasteiger partial charge in [-0.15, -0.1) is 0 Å². The Morgan fingerprint density at radius 2 is 1.70 bits per heavy atom. The Morgan fingerprint density at radius 1 is 1.04 bits per heavy atom. The third-order valence-electron chi connectivity index (χ3n) is 4.70. The molecule has 0 aliphatic carbocycles. The van der Waals surface area contributed by atoms with E-state index in [2.05, 4.69) is 22.2 Å². The van der Waals surface area contributed by atoms with Crippen molar-refractivity contribution in [3.63, 3.8) is 0 Å². The number of piperazine rings is 1. The first kappa shape index (κ1) is 19.3. The first-order valence-electron chi connectivity index (χ1n) is 9.31. The molecule has 1 amide bonds. The molecule has 0 unspecified atom stereocenters. The lowest BCUT2D eigenvalue weighted by molar-refractivity contribution is 0.102. The maximum Gasteiger partial charge on any atom is 0.255 e. The van der Waals surface area contributed by atoms with Gasteiger partial charge in [0.2, 0.25) is 0 Å². The summed E-state index contributed by atoms with van der Waals surface area (Å²) in [5.74, 6) is 0.192. The second kappa shape index (κ2) is 9.48. The van der Waals surface area contributed by atoms with E-state index in [9.17, 15) is 9.18 Å². The normalized spacial score (nSPS) is 15.5. The summed E-state index contributed by atoms with van der Waals surface area (Å²) in [5, 5.41) is 2.74. The van der Waals surface area contributed by atoms with Gasteiger partial charge in [-0.3, -0.25) is 4.79 Å². The molecule has 5 nitrogen and oxygen atoms in total. The fraction of sp³-hybridized carbons (Fsp3) is 0.381. The molecule has 27 heavy (non-hydrogen) atoms. The topological polar surface area (TPSA) is 44.8 Å². The Kier molecular flexibility index (Phi) is 6.79. The molecule has 1 N–H and O–H groups in total. The molecular formula is C21H26FN3O2. The second-order valence-corrected chi connectivity index (χ2v) is 6.83. The average Bonchev–Trinajstić information content (AvgIpc) is 2.69. The molecule has 1 heterocycles. The Hall–Kier alpha value is -2.44. The van der Waals surface area contributed by atoms with Crippen LogP contribution in [0.2, 0.25) is 0 Å². The summed E-state index contributed by atoms with van der Waals surface area (Å²) in [5.41, 5.74) is 1.09. The van der Waals surface area contributed by atoms with Crippen molar-refractivity contribution in [1.29, 1.82) is 0 Å². The minimum atomic E-state index is -0.331. The third kappa shape index (κ3) is 6.05. The summed E-state index contributed by atoms with van der Waals surface area (Å²) in [4.78, 5) is 17.0. The van der Waals surface area contributed by atoms with E-state index in [-0.39, 0.29) is 11.7 Å². The highest BCUT2D eigenvalue weighted by Crippen LogP contribution is 2.15. The number of nitrogens with zero attached hydrogens (tertiary/aromatic N) is 2. The van der Waals surface area contributed by atoms with Crippen molar-refractivity contribution < 1.29 is 13.9 Å². The molecule has 2 aromatic rings. The van der Waals surface area contributed by atoms with Crippen LogP contribution in [0.15, 0.2) is 48.5 Å². The van der Waals surface area contributed by atoms with Crippen LogP contribution in [0.4, 0.5) is 10.1 Å². The van der Waals surface area contributed by atoms with Crippen LogP contribution in [-0.2, 0) is 0 Å². The van der Waals surface area contributed by atoms with E-state index >= 15 is 0 Å². The predicted octanol–water partition coefficient (Wildman–Crippen LogP) is 3.09. The van der Waals surface area contributed by atoms with Crippen LogP contribution in [0.5, 0.6) is 5.75 Å². The van der Waals surface area contributed by atoms with Crippen LogP contribution in [0, 0.1) is 5.82 Å². The Bertz CT molecular complexity index is 726. The zero-order chi connectivity index (χ0) is 19.1. The first-order chi connectivity index (χ1) is 13.1. The van der Waals surface area contributed by atoms with Crippen molar-refractivity contribution in [1.82, 2.24) is 9.80 Å².